The Hall–Kier alpha value is -1.45. The summed E-state index contributed by atoms with van der Waals surface area (Å²) in [6.07, 6.45) is -0.0134. The molecule has 0 radical (unpaired) electrons. The van der Waals surface area contributed by atoms with E-state index in [1.54, 1.807) is 0 Å². The lowest BCUT2D eigenvalue weighted by Crippen LogP contribution is -2.20. The van der Waals surface area contributed by atoms with E-state index in [1.165, 1.54) is 11.1 Å². The van der Waals surface area contributed by atoms with Gasteiger partial charge >= 0.3 is 0 Å². The zero-order chi connectivity index (χ0) is 13.4. The van der Waals surface area contributed by atoms with Crippen LogP contribution in [-0.4, -0.2) is 5.78 Å². The van der Waals surface area contributed by atoms with E-state index in [1.807, 2.05) is 18.2 Å². The van der Waals surface area contributed by atoms with E-state index in [2.05, 4.69) is 40.2 Å². The minimum atomic E-state index is -0.0557. The van der Waals surface area contributed by atoms with Crippen LogP contribution in [0.4, 0.5) is 0 Å². The number of ether oxygens (including phenoxy) is 1. The summed E-state index contributed by atoms with van der Waals surface area (Å²) in [4.78, 5) is 12.7. The van der Waals surface area contributed by atoms with Crippen LogP contribution in [0, 0.1) is 5.92 Å². The normalized spacial score (nSPS) is 32.1. The second kappa shape index (κ2) is 3.60. The minimum absolute atomic E-state index is 0.0285. The molecule has 1 saturated heterocycles. The Bertz CT molecular complexity index is 767. The van der Waals surface area contributed by atoms with Gasteiger partial charge in [0, 0.05) is 16.0 Å². The lowest BCUT2D eigenvalue weighted by atomic mass is 9.76. The summed E-state index contributed by atoms with van der Waals surface area (Å²) in [7, 11) is 0. The molecule has 4 atom stereocenters. The van der Waals surface area contributed by atoms with Crippen LogP contribution in [0.15, 0.2) is 46.9 Å². The standard InChI is InChI=1S/C17H11BrO2/c18-8-5-6-9-12(7-8)13-14(15(9)19)17-11-4-2-1-3-10(11)16(13)20-17/h1-7,13-14,16-17H/t13-,14-,16+,17-/m0/s1. The predicted octanol–water partition coefficient (Wildman–Crippen LogP) is 4.17. The molecule has 2 nitrogen and oxygen atoms in total. The number of hydrogen-bond donors (Lipinski definition) is 0. The van der Waals surface area contributed by atoms with Crippen LogP contribution in [0.5, 0.6) is 0 Å². The van der Waals surface area contributed by atoms with Crippen molar-refractivity contribution in [2.45, 2.75) is 18.1 Å². The average molecular weight is 327 g/mol. The molecule has 3 aliphatic rings. The van der Waals surface area contributed by atoms with Crippen molar-refractivity contribution in [2.75, 3.05) is 0 Å². The Morgan fingerprint density at radius 1 is 0.900 bits per heavy atom. The van der Waals surface area contributed by atoms with Gasteiger partial charge in [0.2, 0.25) is 0 Å². The molecule has 20 heavy (non-hydrogen) atoms. The fraction of sp³-hybridized carbons (Fsp3) is 0.235. The third kappa shape index (κ3) is 1.17. The number of carbonyl (C=O) groups excluding carboxylic acids is 1. The third-order valence-electron chi connectivity index (χ3n) is 4.88. The van der Waals surface area contributed by atoms with Gasteiger partial charge in [-0.2, -0.15) is 0 Å². The fourth-order valence-electron chi connectivity index (χ4n) is 4.14. The van der Waals surface area contributed by atoms with Crippen molar-refractivity contribution in [1.29, 1.82) is 0 Å². The molecule has 0 unspecified atom stereocenters. The fourth-order valence-corrected chi connectivity index (χ4v) is 4.52. The molecule has 2 aliphatic heterocycles. The number of halogens is 1. The van der Waals surface area contributed by atoms with Crippen LogP contribution in [0.25, 0.3) is 0 Å². The summed E-state index contributed by atoms with van der Waals surface area (Å²) in [6, 6.07) is 14.3. The van der Waals surface area contributed by atoms with Crippen LogP contribution in [0.3, 0.4) is 0 Å². The van der Waals surface area contributed by atoms with Crippen molar-refractivity contribution in [1.82, 2.24) is 0 Å². The smallest absolute Gasteiger partial charge is 0.169 e. The second-order valence-corrected chi connectivity index (χ2v) is 6.67. The first-order chi connectivity index (χ1) is 9.75. The monoisotopic (exact) mass is 326 g/mol. The SMILES string of the molecule is O=C1c2ccc(Br)cc2[C@H]2[C@@H]1[C@H]1O[C@@H]2c2ccccc21. The molecule has 0 amide bonds. The number of Topliss-reactive ketones (excluding diaryl/α,β-unsaturated/α-hetero) is 1. The van der Waals surface area contributed by atoms with Crippen molar-refractivity contribution < 1.29 is 9.53 Å². The highest BCUT2D eigenvalue weighted by atomic mass is 79.9. The van der Waals surface area contributed by atoms with Gasteiger partial charge in [0.15, 0.2) is 5.78 Å². The molecule has 5 rings (SSSR count). The number of rotatable bonds is 0. The number of benzene rings is 2. The molecule has 2 heterocycles. The van der Waals surface area contributed by atoms with Crippen LogP contribution >= 0.6 is 15.9 Å². The van der Waals surface area contributed by atoms with Crippen LogP contribution < -0.4 is 0 Å². The molecule has 2 aromatic rings. The van der Waals surface area contributed by atoms with Gasteiger partial charge in [0.1, 0.15) is 0 Å². The van der Waals surface area contributed by atoms with E-state index in [4.69, 9.17) is 4.74 Å². The van der Waals surface area contributed by atoms with E-state index in [9.17, 15) is 4.79 Å². The molecule has 98 valence electrons. The Morgan fingerprint density at radius 2 is 1.60 bits per heavy atom. The van der Waals surface area contributed by atoms with Crippen molar-refractivity contribution in [3.05, 3.63) is 69.2 Å². The van der Waals surface area contributed by atoms with Gasteiger partial charge in [-0.3, -0.25) is 4.79 Å². The number of fused-ring (bicyclic) bond motifs is 10. The lowest BCUT2D eigenvalue weighted by molar-refractivity contribution is 0.0526. The summed E-state index contributed by atoms with van der Waals surface area (Å²) in [5, 5.41) is 0. The summed E-state index contributed by atoms with van der Waals surface area (Å²) in [5.74, 6) is 0.411. The first-order valence-corrected chi connectivity index (χ1v) is 7.63. The van der Waals surface area contributed by atoms with E-state index < -0.39 is 0 Å². The number of carbonyl (C=O) groups is 1. The van der Waals surface area contributed by atoms with Crippen molar-refractivity contribution >= 4 is 21.7 Å². The lowest BCUT2D eigenvalue weighted by Gasteiger charge is -2.23. The van der Waals surface area contributed by atoms with Gasteiger partial charge in [-0.15, -0.1) is 0 Å². The molecule has 0 saturated carbocycles. The second-order valence-electron chi connectivity index (χ2n) is 5.75. The highest BCUT2D eigenvalue weighted by Gasteiger charge is 2.59. The maximum Gasteiger partial charge on any atom is 0.169 e. The van der Waals surface area contributed by atoms with Gasteiger partial charge < -0.3 is 4.74 Å². The molecule has 0 aromatic heterocycles. The molecule has 0 spiro atoms. The summed E-state index contributed by atoms with van der Waals surface area (Å²) >= 11 is 3.51. The Labute approximate surface area is 124 Å². The molecule has 1 aliphatic carbocycles. The maximum absolute atomic E-state index is 12.7. The third-order valence-corrected chi connectivity index (χ3v) is 5.38. The predicted molar refractivity (Wildman–Crippen MR) is 77.7 cm³/mol. The molecule has 1 fully saturated rings. The van der Waals surface area contributed by atoms with Gasteiger partial charge in [0.05, 0.1) is 18.1 Å². The van der Waals surface area contributed by atoms with Gasteiger partial charge in [0.25, 0.3) is 0 Å². The van der Waals surface area contributed by atoms with Gasteiger partial charge in [-0.1, -0.05) is 40.2 Å². The van der Waals surface area contributed by atoms with E-state index in [0.29, 0.717) is 0 Å². The van der Waals surface area contributed by atoms with Crippen LogP contribution in [0.1, 0.15) is 45.2 Å². The minimum Gasteiger partial charge on any atom is -0.364 e. The van der Waals surface area contributed by atoms with Gasteiger partial charge in [-0.05, 0) is 34.9 Å². The van der Waals surface area contributed by atoms with Crippen molar-refractivity contribution in [3.63, 3.8) is 0 Å². The zero-order valence-electron chi connectivity index (χ0n) is 10.5. The molecule has 3 heteroatoms. The maximum atomic E-state index is 12.7. The largest absolute Gasteiger partial charge is 0.364 e. The first kappa shape index (κ1) is 11.2. The summed E-state index contributed by atoms with van der Waals surface area (Å²) < 4.78 is 7.17. The van der Waals surface area contributed by atoms with E-state index in [-0.39, 0.29) is 29.8 Å². The van der Waals surface area contributed by atoms with Crippen molar-refractivity contribution in [3.8, 4) is 0 Å². The van der Waals surface area contributed by atoms with E-state index >= 15 is 0 Å². The average Bonchev–Trinajstić information content (AvgIpc) is 3.10. The Balaban J connectivity index is 1.75. The molecular formula is C17H11BrO2. The van der Waals surface area contributed by atoms with Crippen LogP contribution in [0.2, 0.25) is 0 Å². The Kier molecular flexibility index (Phi) is 2.02. The molecular weight excluding hydrogens is 316 g/mol. The number of ketones is 1. The highest BCUT2D eigenvalue weighted by Crippen LogP contribution is 2.64. The van der Waals surface area contributed by atoms with Crippen LogP contribution in [-0.2, 0) is 4.74 Å². The highest BCUT2D eigenvalue weighted by molar-refractivity contribution is 9.10. The zero-order valence-corrected chi connectivity index (χ0v) is 12.1. The summed E-state index contributed by atoms with van der Waals surface area (Å²) in [6.45, 7) is 0. The quantitative estimate of drug-likeness (QED) is 0.726. The molecule has 2 bridgehead atoms. The van der Waals surface area contributed by atoms with E-state index in [0.717, 1.165) is 15.6 Å². The van der Waals surface area contributed by atoms with Gasteiger partial charge in [-0.25, -0.2) is 0 Å². The number of hydrogen-bond acceptors (Lipinski definition) is 2. The summed E-state index contributed by atoms with van der Waals surface area (Å²) in [5.41, 5.74) is 4.50. The first-order valence-electron chi connectivity index (χ1n) is 6.83. The topological polar surface area (TPSA) is 26.3 Å². The Morgan fingerprint density at radius 3 is 2.35 bits per heavy atom. The van der Waals surface area contributed by atoms with Crippen molar-refractivity contribution in [2.24, 2.45) is 5.92 Å². The molecule has 2 aromatic carbocycles. The molecule has 0 N–H and O–H groups in total.